The van der Waals surface area contributed by atoms with Gasteiger partial charge in [0.1, 0.15) is 5.82 Å². The molecule has 3 aromatic heterocycles. The molecule has 0 unspecified atom stereocenters. The third kappa shape index (κ3) is 6.35. The number of carbonyl (C=O) groups excluding carboxylic acids is 2. The van der Waals surface area contributed by atoms with E-state index in [1.807, 2.05) is 49.5 Å². The highest BCUT2D eigenvalue weighted by atomic mass is 32.2. The van der Waals surface area contributed by atoms with E-state index in [-0.39, 0.29) is 11.1 Å². The van der Waals surface area contributed by atoms with Gasteiger partial charge in [0, 0.05) is 51.7 Å². The molecule has 0 saturated carbocycles. The van der Waals surface area contributed by atoms with Gasteiger partial charge in [-0.05, 0) is 73.5 Å². The topological polar surface area (TPSA) is 116 Å². The van der Waals surface area contributed by atoms with E-state index in [4.69, 9.17) is 4.98 Å². The molecule has 5 rings (SSSR count). The SMILES string of the molecule is CN(C)c1ccc(-c2cccc(CNCC3CCN(c4nccc(/C=C5\SC(=O)NC5=O)n4)CC3)n2)cn1. The summed E-state index contributed by atoms with van der Waals surface area (Å²) in [6, 6.07) is 11.9. The van der Waals surface area contributed by atoms with Crippen LogP contribution in [0.25, 0.3) is 17.3 Å². The summed E-state index contributed by atoms with van der Waals surface area (Å²) in [6.07, 6.45) is 7.25. The zero-order valence-electron chi connectivity index (χ0n) is 21.4. The lowest BCUT2D eigenvalue weighted by Gasteiger charge is -2.32. The van der Waals surface area contributed by atoms with Gasteiger partial charge in [-0.2, -0.15) is 0 Å². The second-order valence-electron chi connectivity index (χ2n) is 9.51. The summed E-state index contributed by atoms with van der Waals surface area (Å²) >= 11 is 0.889. The van der Waals surface area contributed by atoms with Crippen LogP contribution >= 0.6 is 11.8 Å². The van der Waals surface area contributed by atoms with E-state index in [0.717, 1.165) is 67.0 Å². The smallest absolute Gasteiger partial charge is 0.290 e. The zero-order chi connectivity index (χ0) is 26.5. The molecule has 0 atom stereocenters. The predicted molar refractivity (Wildman–Crippen MR) is 150 cm³/mol. The van der Waals surface area contributed by atoms with Gasteiger partial charge in [0.2, 0.25) is 5.95 Å². The Balaban J connectivity index is 1.10. The van der Waals surface area contributed by atoms with Crippen LogP contribution in [0.1, 0.15) is 24.2 Å². The molecule has 2 N–H and O–H groups in total. The molecule has 2 aliphatic rings. The van der Waals surface area contributed by atoms with E-state index in [0.29, 0.717) is 29.0 Å². The van der Waals surface area contributed by atoms with Crippen LogP contribution in [0.5, 0.6) is 0 Å². The Morgan fingerprint density at radius 3 is 2.66 bits per heavy atom. The van der Waals surface area contributed by atoms with E-state index < -0.39 is 0 Å². The average Bonchev–Trinajstić information content (AvgIpc) is 3.25. The quantitative estimate of drug-likeness (QED) is 0.420. The van der Waals surface area contributed by atoms with Gasteiger partial charge in [-0.15, -0.1) is 0 Å². The Kier molecular flexibility index (Phi) is 7.94. The number of anilines is 2. The molecule has 10 nitrogen and oxygen atoms in total. The van der Waals surface area contributed by atoms with Crippen molar-refractivity contribution in [2.75, 3.05) is 43.5 Å². The molecule has 2 fully saturated rings. The van der Waals surface area contributed by atoms with E-state index in [1.54, 1.807) is 18.3 Å². The fourth-order valence-electron chi connectivity index (χ4n) is 4.43. The Labute approximate surface area is 226 Å². The number of aromatic nitrogens is 4. The van der Waals surface area contributed by atoms with Crippen molar-refractivity contribution >= 4 is 40.8 Å². The van der Waals surface area contributed by atoms with Gasteiger partial charge in [-0.3, -0.25) is 19.9 Å². The Bertz CT molecular complexity index is 1340. The fourth-order valence-corrected chi connectivity index (χ4v) is 5.10. The van der Waals surface area contributed by atoms with Crippen molar-refractivity contribution in [3.05, 3.63) is 65.1 Å². The first kappa shape index (κ1) is 25.8. The highest BCUT2D eigenvalue weighted by molar-refractivity contribution is 8.18. The molecule has 2 aliphatic heterocycles. The number of hydrogen-bond donors (Lipinski definition) is 2. The number of nitrogens with zero attached hydrogens (tertiary/aromatic N) is 6. The van der Waals surface area contributed by atoms with Gasteiger partial charge in [-0.25, -0.2) is 15.0 Å². The molecule has 0 aliphatic carbocycles. The van der Waals surface area contributed by atoms with Gasteiger partial charge >= 0.3 is 0 Å². The maximum Gasteiger partial charge on any atom is 0.290 e. The lowest BCUT2D eigenvalue weighted by atomic mass is 9.97. The van der Waals surface area contributed by atoms with Crippen molar-refractivity contribution in [3.63, 3.8) is 0 Å². The molecule has 0 spiro atoms. The van der Waals surface area contributed by atoms with Crippen molar-refractivity contribution in [1.29, 1.82) is 0 Å². The van der Waals surface area contributed by atoms with Gasteiger partial charge in [0.15, 0.2) is 0 Å². The largest absolute Gasteiger partial charge is 0.363 e. The zero-order valence-corrected chi connectivity index (χ0v) is 22.2. The number of amides is 2. The van der Waals surface area contributed by atoms with Gasteiger partial charge in [-0.1, -0.05) is 6.07 Å². The van der Waals surface area contributed by atoms with Crippen LogP contribution in [0.3, 0.4) is 0 Å². The number of carbonyl (C=O) groups is 2. The number of nitrogens with one attached hydrogen (secondary N) is 2. The van der Waals surface area contributed by atoms with Gasteiger partial charge in [0.05, 0.1) is 22.0 Å². The molecule has 3 aromatic rings. The van der Waals surface area contributed by atoms with Crippen LogP contribution < -0.4 is 20.4 Å². The van der Waals surface area contributed by atoms with Gasteiger partial charge < -0.3 is 15.1 Å². The molecule has 196 valence electrons. The number of rotatable bonds is 8. The minimum atomic E-state index is -0.383. The van der Waals surface area contributed by atoms with Crippen LogP contribution in [-0.4, -0.2) is 64.8 Å². The first-order valence-electron chi connectivity index (χ1n) is 12.6. The molecule has 11 heteroatoms. The normalized spacial score (nSPS) is 17.2. The fraction of sp³-hybridized carbons (Fsp3) is 0.333. The summed E-state index contributed by atoms with van der Waals surface area (Å²) < 4.78 is 0. The summed E-state index contributed by atoms with van der Waals surface area (Å²) in [7, 11) is 3.95. The summed E-state index contributed by atoms with van der Waals surface area (Å²) in [4.78, 5) is 46.0. The Hall–Kier alpha value is -3.83. The highest BCUT2D eigenvalue weighted by Crippen LogP contribution is 2.26. The standard InChI is InChI=1S/C27H30N8O2S/c1-34(2)24-7-6-19(16-30-24)22-5-3-4-21(31-22)17-28-15-18-9-12-35(13-10-18)26-29-11-8-20(32-26)14-23-25(36)33-27(37)38-23/h3-8,11,14,16,18,28H,9-10,12-13,15,17H2,1-2H3,(H,33,36,37)/b23-14-. The molecule has 2 amide bonds. The third-order valence-corrected chi connectivity index (χ3v) is 7.34. The molecule has 0 aromatic carbocycles. The first-order chi connectivity index (χ1) is 18.4. The minimum Gasteiger partial charge on any atom is -0.363 e. The highest BCUT2D eigenvalue weighted by Gasteiger charge is 2.25. The van der Waals surface area contributed by atoms with Crippen LogP contribution in [0.2, 0.25) is 0 Å². The maximum absolute atomic E-state index is 11.8. The summed E-state index contributed by atoms with van der Waals surface area (Å²) in [5, 5.41) is 5.48. The molecule has 2 saturated heterocycles. The van der Waals surface area contributed by atoms with Crippen molar-refractivity contribution < 1.29 is 9.59 Å². The Morgan fingerprint density at radius 1 is 1.11 bits per heavy atom. The van der Waals surface area contributed by atoms with Crippen molar-refractivity contribution in [1.82, 2.24) is 30.6 Å². The molecule has 5 heterocycles. The monoisotopic (exact) mass is 530 g/mol. The molecular weight excluding hydrogens is 500 g/mol. The van der Waals surface area contributed by atoms with Crippen molar-refractivity contribution in [3.8, 4) is 11.3 Å². The number of piperidine rings is 1. The number of pyridine rings is 2. The minimum absolute atomic E-state index is 0.350. The molecular formula is C27H30N8O2S. The molecule has 0 radical (unpaired) electrons. The van der Waals surface area contributed by atoms with Crippen LogP contribution in [0.4, 0.5) is 16.6 Å². The summed E-state index contributed by atoms with van der Waals surface area (Å²) in [5.74, 6) is 1.75. The second kappa shape index (κ2) is 11.7. The van der Waals surface area contributed by atoms with E-state index in [2.05, 4.69) is 36.6 Å². The number of thioether (sulfide) groups is 1. The predicted octanol–water partition coefficient (Wildman–Crippen LogP) is 3.33. The third-order valence-electron chi connectivity index (χ3n) is 6.53. The summed E-state index contributed by atoms with van der Waals surface area (Å²) in [6.45, 7) is 3.37. The van der Waals surface area contributed by atoms with E-state index >= 15 is 0 Å². The number of hydrogen-bond acceptors (Lipinski definition) is 10. The van der Waals surface area contributed by atoms with Crippen LogP contribution in [-0.2, 0) is 11.3 Å². The van der Waals surface area contributed by atoms with Crippen LogP contribution in [0, 0.1) is 5.92 Å². The maximum atomic E-state index is 11.8. The molecule has 0 bridgehead atoms. The number of imide groups is 1. The lowest BCUT2D eigenvalue weighted by Crippen LogP contribution is -2.38. The molecule has 38 heavy (non-hydrogen) atoms. The Morgan fingerprint density at radius 2 is 1.95 bits per heavy atom. The van der Waals surface area contributed by atoms with Gasteiger partial charge in [0.25, 0.3) is 11.1 Å². The first-order valence-corrected chi connectivity index (χ1v) is 13.4. The second-order valence-corrected chi connectivity index (χ2v) is 10.5. The van der Waals surface area contributed by atoms with Crippen molar-refractivity contribution in [2.45, 2.75) is 19.4 Å². The summed E-state index contributed by atoms with van der Waals surface area (Å²) in [5.41, 5.74) is 3.55. The van der Waals surface area contributed by atoms with E-state index in [9.17, 15) is 9.59 Å². The van der Waals surface area contributed by atoms with Crippen LogP contribution in [0.15, 0.2) is 53.7 Å². The van der Waals surface area contributed by atoms with E-state index in [1.165, 1.54) is 0 Å². The average molecular weight is 531 g/mol. The lowest BCUT2D eigenvalue weighted by molar-refractivity contribution is -0.115. The van der Waals surface area contributed by atoms with Crippen molar-refractivity contribution in [2.24, 2.45) is 5.92 Å².